The van der Waals surface area contributed by atoms with Crippen molar-refractivity contribution in [3.05, 3.63) is 17.0 Å². The van der Waals surface area contributed by atoms with Crippen LogP contribution in [0.5, 0.6) is 0 Å². The number of anilines is 1. The molecule has 1 aromatic heterocycles. The molecule has 4 N–H and O–H groups in total. The van der Waals surface area contributed by atoms with Crippen LogP contribution < -0.4 is 10.6 Å². The van der Waals surface area contributed by atoms with E-state index in [-0.39, 0.29) is 11.7 Å². The van der Waals surface area contributed by atoms with Crippen LogP contribution in [0.25, 0.3) is 0 Å². The molecular formula is C11H14N2O4S. The zero-order valence-corrected chi connectivity index (χ0v) is 10.4. The molecule has 2 rings (SSSR count). The number of carboxylic acid groups (broad SMARTS) is 1. The van der Waals surface area contributed by atoms with Crippen molar-refractivity contribution >= 4 is 28.3 Å². The van der Waals surface area contributed by atoms with Crippen LogP contribution in [-0.2, 0) is 0 Å². The molecule has 6 nitrogen and oxygen atoms in total. The number of carbonyl (C=O) groups is 2. The first-order valence-corrected chi connectivity index (χ1v) is 6.48. The molecule has 7 heteroatoms. The first kappa shape index (κ1) is 12.8. The highest BCUT2D eigenvalue weighted by Gasteiger charge is 2.27. The molecule has 1 fully saturated rings. The van der Waals surface area contributed by atoms with Crippen LogP contribution in [0.3, 0.4) is 0 Å². The minimum atomic E-state index is -1.06. The standard InChI is InChI=1S/C11H14N2O4S/c14-7-3-6(4-7)5-12-11(17)13-9-8(10(15)16)1-2-18-9/h1-2,6-7,14H,3-5H2,(H,15,16)(H2,12,13,17). The Hall–Kier alpha value is -1.60. The smallest absolute Gasteiger partial charge is 0.338 e. The molecule has 1 aliphatic carbocycles. The summed E-state index contributed by atoms with van der Waals surface area (Å²) < 4.78 is 0. The largest absolute Gasteiger partial charge is 0.478 e. The highest BCUT2D eigenvalue weighted by molar-refractivity contribution is 7.14. The average Bonchev–Trinajstić information content (AvgIpc) is 2.71. The number of hydrogen-bond acceptors (Lipinski definition) is 4. The maximum absolute atomic E-state index is 11.5. The third-order valence-corrected chi connectivity index (χ3v) is 3.71. The normalized spacial score (nSPS) is 22.1. The van der Waals surface area contributed by atoms with Gasteiger partial charge in [-0.25, -0.2) is 9.59 Å². The molecule has 2 amide bonds. The maximum Gasteiger partial charge on any atom is 0.338 e. The lowest BCUT2D eigenvalue weighted by Crippen LogP contribution is -2.40. The fourth-order valence-electron chi connectivity index (χ4n) is 1.83. The Morgan fingerprint density at radius 2 is 2.17 bits per heavy atom. The SMILES string of the molecule is O=C(NCC1CC(O)C1)Nc1sccc1C(=O)O. The summed E-state index contributed by atoms with van der Waals surface area (Å²) in [5.74, 6) is -0.748. The van der Waals surface area contributed by atoms with Gasteiger partial charge >= 0.3 is 12.0 Å². The molecule has 1 aromatic rings. The number of rotatable bonds is 4. The Bertz CT molecular complexity index is 454. The number of hydrogen-bond donors (Lipinski definition) is 4. The van der Waals surface area contributed by atoms with E-state index in [1.54, 1.807) is 5.38 Å². The van der Waals surface area contributed by atoms with Gasteiger partial charge in [-0.05, 0) is 30.2 Å². The van der Waals surface area contributed by atoms with Crippen molar-refractivity contribution in [3.63, 3.8) is 0 Å². The van der Waals surface area contributed by atoms with Gasteiger partial charge in [0.05, 0.1) is 11.7 Å². The molecule has 1 heterocycles. The third-order valence-electron chi connectivity index (χ3n) is 2.88. The minimum absolute atomic E-state index is 0.0919. The summed E-state index contributed by atoms with van der Waals surface area (Å²) in [7, 11) is 0. The van der Waals surface area contributed by atoms with E-state index in [4.69, 9.17) is 10.2 Å². The number of carbonyl (C=O) groups excluding carboxylic acids is 1. The van der Waals surface area contributed by atoms with Crippen molar-refractivity contribution in [1.29, 1.82) is 0 Å². The lowest BCUT2D eigenvalue weighted by atomic mass is 9.82. The topological polar surface area (TPSA) is 98.7 Å². The van der Waals surface area contributed by atoms with E-state index in [1.807, 2.05) is 0 Å². The van der Waals surface area contributed by atoms with Crippen LogP contribution in [0, 0.1) is 5.92 Å². The number of aliphatic hydroxyl groups is 1. The number of aliphatic hydroxyl groups excluding tert-OH is 1. The molecule has 0 bridgehead atoms. The molecule has 0 aliphatic heterocycles. The molecule has 98 valence electrons. The molecule has 1 saturated carbocycles. The molecule has 18 heavy (non-hydrogen) atoms. The van der Waals surface area contributed by atoms with Gasteiger partial charge in [0.15, 0.2) is 0 Å². The van der Waals surface area contributed by atoms with Crippen LogP contribution in [0.1, 0.15) is 23.2 Å². The van der Waals surface area contributed by atoms with Crippen molar-refractivity contribution in [2.75, 3.05) is 11.9 Å². The van der Waals surface area contributed by atoms with Gasteiger partial charge in [-0.2, -0.15) is 0 Å². The predicted molar refractivity (Wildman–Crippen MR) is 67.0 cm³/mol. The number of amides is 2. The Labute approximate surface area is 108 Å². The van der Waals surface area contributed by atoms with Gasteiger partial charge < -0.3 is 15.5 Å². The highest BCUT2D eigenvalue weighted by atomic mass is 32.1. The second-order valence-corrected chi connectivity index (χ2v) is 5.21. The summed E-state index contributed by atoms with van der Waals surface area (Å²) >= 11 is 1.17. The van der Waals surface area contributed by atoms with Gasteiger partial charge in [0.2, 0.25) is 0 Å². The molecule has 0 unspecified atom stereocenters. The van der Waals surface area contributed by atoms with Crippen LogP contribution in [0.15, 0.2) is 11.4 Å². The van der Waals surface area contributed by atoms with Gasteiger partial charge in [-0.15, -0.1) is 11.3 Å². The number of urea groups is 1. The van der Waals surface area contributed by atoms with Crippen molar-refractivity contribution in [2.45, 2.75) is 18.9 Å². The van der Waals surface area contributed by atoms with Crippen molar-refractivity contribution in [3.8, 4) is 0 Å². The fourth-order valence-corrected chi connectivity index (χ4v) is 2.60. The van der Waals surface area contributed by atoms with Crippen LogP contribution >= 0.6 is 11.3 Å². The molecule has 0 atom stereocenters. The zero-order chi connectivity index (χ0) is 13.1. The molecular weight excluding hydrogens is 256 g/mol. The van der Waals surface area contributed by atoms with E-state index < -0.39 is 12.0 Å². The number of carboxylic acids is 1. The van der Waals surface area contributed by atoms with E-state index in [0.29, 0.717) is 30.3 Å². The lowest BCUT2D eigenvalue weighted by molar-refractivity contribution is 0.0443. The van der Waals surface area contributed by atoms with Gasteiger partial charge in [0.25, 0.3) is 0 Å². The molecule has 0 aromatic carbocycles. The van der Waals surface area contributed by atoms with E-state index in [0.717, 1.165) is 0 Å². The Morgan fingerprint density at radius 3 is 2.78 bits per heavy atom. The van der Waals surface area contributed by atoms with Crippen molar-refractivity contribution < 1.29 is 19.8 Å². The second-order valence-electron chi connectivity index (χ2n) is 4.29. The van der Waals surface area contributed by atoms with Gasteiger partial charge in [0.1, 0.15) is 5.00 Å². The van der Waals surface area contributed by atoms with E-state index in [2.05, 4.69) is 10.6 Å². The van der Waals surface area contributed by atoms with Gasteiger partial charge in [0, 0.05) is 6.54 Å². The second kappa shape index (κ2) is 5.36. The van der Waals surface area contributed by atoms with Crippen LogP contribution in [0.4, 0.5) is 9.80 Å². The number of nitrogens with one attached hydrogen (secondary N) is 2. The Balaban J connectivity index is 1.80. The predicted octanol–water partition coefficient (Wildman–Crippen LogP) is 1.34. The van der Waals surface area contributed by atoms with Crippen LogP contribution in [-0.4, -0.2) is 34.9 Å². The fraction of sp³-hybridized carbons (Fsp3) is 0.455. The molecule has 1 aliphatic rings. The summed E-state index contributed by atoms with van der Waals surface area (Å²) in [6.07, 6.45) is 1.18. The zero-order valence-electron chi connectivity index (χ0n) is 9.55. The van der Waals surface area contributed by atoms with E-state index in [9.17, 15) is 9.59 Å². The number of thiophene rings is 1. The van der Waals surface area contributed by atoms with Crippen LogP contribution in [0.2, 0.25) is 0 Å². The Morgan fingerprint density at radius 1 is 1.44 bits per heavy atom. The third kappa shape index (κ3) is 2.99. The van der Waals surface area contributed by atoms with E-state index in [1.165, 1.54) is 17.4 Å². The summed E-state index contributed by atoms with van der Waals surface area (Å²) in [4.78, 5) is 22.4. The maximum atomic E-state index is 11.5. The first-order chi connectivity index (χ1) is 8.56. The lowest BCUT2D eigenvalue weighted by Gasteiger charge is -2.31. The Kier molecular flexibility index (Phi) is 3.83. The average molecular weight is 270 g/mol. The van der Waals surface area contributed by atoms with Gasteiger partial charge in [-0.3, -0.25) is 5.32 Å². The number of aromatic carboxylic acids is 1. The van der Waals surface area contributed by atoms with Crippen molar-refractivity contribution in [2.24, 2.45) is 5.92 Å². The minimum Gasteiger partial charge on any atom is -0.478 e. The molecule has 0 saturated heterocycles. The quantitative estimate of drug-likeness (QED) is 0.663. The summed E-state index contributed by atoms with van der Waals surface area (Å²) in [6, 6.07) is 1.03. The molecule has 0 spiro atoms. The summed E-state index contributed by atoms with van der Waals surface area (Å²) in [6.45, 7) is 0.497. The van der Waals surface area contributed by atoms with E-state index >= 15 is 0 Å². The van der Waals surface area contributed by atoms with Crippen molar-refractivity contribution in [1.82, 2.24) is 5.32 Å². The summed E-state index contributed by atoms with van der Waals surface area (Å²) in [5, 5.41) is 25.1. The monoisotopic (exact) mass is 270 g/mol. The summed E-state index contributed by atoms with van der Waals surface area (Å²) in [5.41, 5.74) is 0.0919. The highest BCUT2D eigenvalue weighted by Crippen LogP contribution is 2.26. The first-order valence-electron chi connectivity index (χ1n) is 5.60. The molecule has 0 radical (unpaired) electrons. The van der Waals surface area contributed by atoms with Gasteiger partial charge in [-0.1, -0.05) is 0 Å².